The Labute approximate surface area is 117 Å². The second-order valence-corrected chi connectivity index (χ2v) is 5.09. The van der Waals surface area contributed by atoms with Gasteiger partial charge in [0.15, 0.2) is 6.29 Å². The van der Waals surface area contributed by atoms with E-state index in [4.69, 9.17) is 0 Å². The molecule has 20 heavy (non-hydrogen) atoms. The second-order valence-electron chi connectivity index (χ2n) is 5.09. The smallest absolute Gasteiger partial charge is 0.217 e. The molecular formula is C16H16N2O2. The van der Waals surface area contributed by atoms with Crippen LogP contribution in [-0.2, 0) is 9.59 Å². The summed E-state index contributed by atoms with van der Waals surface area (Å²) in [5.74, 6) is 0.434. The predicted molar refractivity (Wildman–Crippen MR) is 77.8 cm³/mol. The van der Waals surface area contributed by atoms with Crippen molar-refractivity contribution in [2.45, 2.75) is 25.3 Å². The van der Waals surface area contributed by atoms with E-state index in [1.807, 2.05) is 41.3 Å². The van der Waals surface area contributed by atoms with E-state index >= 15 is 0 Å². The summed E-state index contributed by atoms with van der Waals surface area (Å²) in [6.45, 7) is 0.773. The van der Waals surface area contributed by atoms with Crippen molar-refractivity contribution < 1.29 is 9.59 Å². The zero-order chi connectivity index (χ0) is 13.9. The van der Waals surface area contributed by atoms with E-state index in [0.717, 1.165) is 42.5 Å². The van der Waals surface area contributed by atoms with Gasteiger partial charge in [-0.15, -0.1) is 0 Å². The predicted octanol–water partition coefficient (Wildman–Crippen LogP) is 2.36. The fourth-order valence-electron chi connectivity index (χ4n) is 2.80. The molecule has 1 unspecified atom stereocenters. The number of carbonyl (C=O) groups is 2. The molecule has 0 radical (unpaired) electrons. The van der Waals surface area contributed by atoms with Crippen molar-refractivity contribution in [2.75, 3.05) is 11.4 Å². The van der Waals surface area contributed by atoms with Gasteiger partial charge in [0.25, 0.3) is 0 Å². The third kappa shape index (κ3) is 2.29. The molecule has 0 N–H and O–H groups in total. The summed E-state index contributed by atoms with van der Waals surface area (Å²) >= 11 is 0. The van der Waals surface area contributed by atoms with Crippen molar-refractivity contribution in [3.63, 3.8) is 0 Å². The first-order valence-corrected chi connectivity index (χ1v) is 6.91. The normalized spacial score (nSPS) is 19.0. The van der Waals surface area contributed by atoms with Gasteiger partial charge in [-0.05, 0) is 37.5 Å². The van der Waals surface area contributed by atoms with Gasteiger partial charge in [0.05, 0.1) is 11.6 Å². The van der Waals surface area contributed by atoms with Crippen LogP contribution in [0.2, 0.25) is 0 Å². The highest BCUT2D eigenvalue weighted by atomic mass is 16.2. The van der Waals surface area contributed by atoms with Crippen molar-refractivity contribution in [2.24, 2.45) is 0 Å². The Balaban J connectivity index is 1.98. The molecular weight excluding hydrogens is 252 g/mol. The van der Waals surface area contributed by atoms with E-state index in [2.05, 4.69) is 4.98 Å². The number of Topliss-reactive ketones (excluding diaryl/α,β-unsaturated/α-hetero) is 1. The molecule has 1 aromatic heterocycles. The van der Waals surface area contributed by atoms with Gasteiger partial charge in [0.1, 0.15) is 5.82 Å². The summed E-state index contributed by atoms with van der Waals surface area (Å²) in [5.41, 5.74) is 0.910. The maximum atomic E-state index is 11.8. The fraction of sp³-hybridized carbons (Fsp3) is 0.312. The zero-order valence-corrected chi connectivity index (χ0v) is 11.2. The highest BCUT2D eigenvalue weighted by Gasteiger charge is 2.29. The van der Waals surface area contributed by atoms with E-state index in [1.165, 1.54) is 0 Å². The first-order chi connectivity index (χ1) is 9.79. The lowest BCUT2D eigenvalue weighted by molar-refractivity contribution is -0.131. The van der Waals surface area contributed by atoms with Crippen molar-refractivity contribution in [1.82, 2.24) is 4.98 Å². The summed E-state index contributed by atoms with van der Waals surface area (Å²) in [6.07, 6.45) is 3.17. The molecule has 1 aliphatic rings. The molecule has 4 heteroatoms. The third-order valence-corrected chi connectivity index (χ3v) is 3.83. The lowest BCUT2D eigenvalue weighted by atomic mass is 9.99. The quantitative estimate of drug-likeness (QED) is 0.633. The minimum absolute atomic E-state index is 0.348. The van der Waals surface area contributed by atoms with Crippen molar-refractivity contribution >= 4 is 28.8 Å². The number of hydrogen-bond donors (Lipinski definition) is 0. The van der Waals surface area contributed by atoms with E-state index in [0.29, 0.717) is 6.29 Å². The average Bonchev–Trinajstić information content (AvgIpc) is 2.53. The van der Waals surface area contributed by atoms with Crippen LogP contribution in [0.4, 0.5) is 5.82 Å². The number of pyridine rings is 1. The largest absolute Gasteiger partial charge is 0.346 e. The maximum Gasteiger partial charge on any atom is 0.217 e. The van der Waals surface area contributed by atoms with E-state index in [-0.39, 0.29) is 11.8 Å². The van der Waals surface area contributed by atoms with Gasteiger partial charge in [-0.3, -0.25) is 9.59 Å². The second kappa shape index (κ2) is 5.41. The van der Waals surface area contributed by atoms with Crippen LogP contribution in [0.25, 0.3) is 10.9 Å². The van der Waals surface area contributed by atoms with Crippen LogP contribution in [0, 0.1) is 0 Å². The zero-order valence-electron chi connectivity index (χ0n) is 11.2. The standard InChI is InChI=1S/C16H16N2O2/c19-11-15(20)14-7-3-4-10-18(14)16-9-8-12-5-1-2-6-13(12)17-16/h1-2,5-6,8-9,11,14H,3-4,7,10H2. The maximum absolute atomic E-state index is 11.8. The Morgan fingerprint density at radius 2 is 2.05 bits per heavy atom. The van der Waals surface area contributed by atoms with E-state index in [1.54, 1.807) is 0 Å². The molecule has 102 valence electrons. The lowest BCUT2D eigenvalue weighted by Gasteiger charge is -2.34. The number of anilines is 1. The van der Waals surface area contributed by atoms with Gasteiger partial charge in [-0.1, -0.05) is 18.2 Å². The van der Waals surface area contributed by atoms with Gasteiger partial charge < -0.3 is 4.90 Å². The van der Waals surface area contributed by atoms with Crippen molar-refractivity contribution in [3.05, 3.63) is 36.4 Å². The first kappa shape index (κ1) is 12.8. The fourth-order valence-corrected chi connectivity index (χ4v) is 2.80. The molecule has 2 heterocycles. The first-order valence-electron chi connectivity index (χ1n) is 6.91. The number of benzene rings is 1. The molecule has 0 spiro atoms. The Bertz CT molecular complexity index is 654. The number of aldehydes is 1. The lowest BCUT2D eigenvalue weighted by Crippen LogP contribution is -2.45. The molecule has 0 amide bonds. The number of rotatable bonds is 3. The number of carbonyl (C=O) groups excluding carboxylic acids is 2. The Morgan fingerprint density at radius 3 is 2.90 bits per heavy atom. The Kier molecular flexibility index (Phi) is 3.46. The molecule has 1 fully saturated rings. The van der Waals surface area contributed by atoms with Crippen LogP contribution >= 0.6 is 0 Å². The molecule has 1 aromatic carbocycles. The SMILES string of the molecule is O=CC(=O)C1CCCCN1c1ccc2ccccc2n1. The molecule has 0 saturated carbocycles. The van der Waals surface area contributed by atoms with Crippen LogP contribution in [0.5, 0.6) is 0 Å². The average molecular weight is 268 g/mol. The molecule has 2 aromatic rings. The highest BCUT2D eigenvalue weighted by molar-refractivity contribution is 6.28. The van der Waals surface area contributed by atoms with Gasteiger partial charge in [-0.2, -0.15) is 0 Å². The van der Waals surface area contributed by atoms with Crippen LogP contribution in [0.15, 0.2) is 36.4 Å². The molecule has 1 saturated heterocycles. The van der Waals surface area contributed by atoms with Crippen molar-refractivity contribution in [1.29, 1.82) is 0 Å². The minimum Gasteiger partial charge on any atom is -0.346 e. The number of fused-ring (bicyclic) bond motifs is 1. The van der Waals surface area contributed by atoms with Crippen LogP contribution < -0.4 is 4.90 Å². The van der Waals surface area contributed by atoms with E-state index in [9.17, 15) is 9.59 Å². The number of aromatic nitrogens is 1. The van der Waals surface area contributed by atoms with Crippen LogP contribution in [0.3, 0.4) is 0 Å². The molecule has 0 bridgehead atoms. The molecule has 1 aliphatic heterocycles. The van der Waals surface area contributed by atoms with E-state index < -0.39 is 0 Å². The monoisotopic (exact) mass is 268 g/mol. The van der Waals surface area contributed by atoms with Crippen LogP contribution in [-0.4, -0.2) is 29.6 Å². The summed E-state index contributed by atoms with van der Waals surface area (Å²) in [6, 6.07) is 11.5. The highest BCUT2D eigenvalue weighted by Crippen LogP contribution is 2.25. The van der Waals surface area contributed by atoms with Crippen LogP contribution in [0.1, 0.15) is 19.3 Å². The number of hydrogen-bond acceptors (Lipinski definition) is 4. The Hall–Kier alpha value is -2.23. The minimum atomic E-state index is -0.352. The van der Waals surface area contributed by atoms with Crippen molar-refractivity contribution in [3.8, 4) is 0 Å². The van der Waals surface area contributed by atoms with Gasteiger partial charge >= 0.3 is 0 Å². The summed E-state index contributed by atoms with van der Waals surface area (Å²) in [4.78, 5) is 29.2. The number of nitrogens with zero attached hydrogens (tertiary/aromatic N) is 2. The Morgan fingerprint density at radius 1 is 1.20 bits per heavy atom. The molecule has 4 nitrogen and oxygen atoms in total. The van der Waals surface area contributed by atoms with Gasteiger partial charge in [-0.25, -0.2) is 4.98 Å². The van der Waals surface area contributed by atoms with Gasteiger partial charge in [0, 0.05) is 11.9 Å². The third-order valence-electron chi connectivity index (χ3n) is 3.83. The summed E-state index contributed by atoms with van der Waals surface area (Å²) < 4.78 is 0. The van der Waals surface area contributed by atoms with Gasteiger partial charge in [0.2, 0.25) is 5.78 Å². The number of ketones is 1. The molecule has 0 aliphatic carbocycles. The topological polar surface area (TPSA) is 50.3 Å². The summed E-state index contributed by atoms with van der Waals surface area (Å²) in [7, 11) is 0. The molecule has 3 rings (SSSR count). The molecule has 1 atom stereocenters. The number of piperidine rings is 1. The summed E-state index contributed by atoms with van der Waals surface area (Å²) in [5, 5.41) is 1.08. The number of para-hydroxylation sites is 1.